The van der Waals surface area contributed by atoms with E-state index in [0.717, 1.165) is 36.0 Å². The maximum atomic E-state index is 13.4. The summed E-state index contributed by atoms with van der Waals surface area (Å²) in [6.07, 6.45) is 2.53. The Hall–Kier alpha value is -0.890. The molecule has 1 unspecified atom stereocenters. The van der Waals surface area contributed by atoms with Gasteiger partial charge in [0.1, 0.15) is 5.82 Å². The first-order valence-electron chi connectivity index (χ1n) is 4.70. The van der Waals surface area contributed by atoms with Gasteiger partial charge in [-0.15, -0.1) is 0 Å². The van der Waals surface area contributed by atoms with Crippen LogP contribution in [0.4, 0.5) is 4.39 Å². The van der Waals surface area contributed by atoms with E-state index in [4.69, 9.17) is 5.73 Å². The standard InChI is InChI=1S/C11H14FN/c1-7-4-8-6-9(13)2-3-10(8)11(12)5-7/h4-5,9H,2-3,6,13H2,1H3. The number of nitrogens with two attached hydrogens (primary N) is 1. The molecule has 0 saturated heterocycles. The highest BCUT2D eigenvalue weighted by Gasteiger charge is 2.18. The molecule has 2 heteroatoms. The van der Waals surface area contributed by atoms with E-state index in [-0.39, 0.29) is 11.9 Å². The van der Waals surface area contributed by atoms with Crippen molar-refractivity contribution in [3.8, 4) is 0 Å². The third-order valence-electron chi connectivity index (χ3n) is 2.68. The molecule has 0 spiro atoms. The molecule has 1 nitrogen and oxygen atoms in total. The summed E-state index contributed by atoms with van der Waals surface area (Å²) >= 11 is 0. The van der Waals surface area contributed by atoms with Crippen LogP contribution in [0, 0.1) is 12.7 Å². The van der Waals surface area contributed by atoms with Crippen molar-refractivity contribution in [1.82, 2.24) is 0 Å². The van der Waals surface area contributed by atoms with Crippen molar-refractivity contribution in [2.75, 3.05) is 0 Å². The smallest absolute Gasteiger partial charge is 0.126 e. The molecule has 0 fully saturated rings. The third-order valence-corrected chi connectivity index (χ3v) is 2.68. The second-order valence-electron chi connectivity index (χ2n) is 3.89. The molecule has 1 aliphatic carbocycles. The highest BCUT2D eigenvalue weighted by molar-refractivity contribution is 5.35. The molecular weight excluding hydrogens is 165 g/mol. The maximum Gasteiger partial charge on any atom is 0.126 e. The highest BCUT2D eigenvalue weighted by Crippen LogP contribution is 2.24. The highest BCUT2D eigenvalue weighted by atomic mass is 19.1. The van der Waals surface area contributed by atoms with E-state index < -0.39 is 0 Å². The predicted molar refractivity (Wildman–Crippen MR) is 51.1 cm³/mol. The summed E-state index contributed by atoms with van der Waals surface area (Å²) in [5.74, 6) is -0.0538. The minimum Gasteiger partial charge on any atom is -0.327 e. The van der Waals surface area contributed by atoms with Gasteiger partial charge in [-0.25, -0.2) is 4.39 Å². The van der Waals surface area contributed by atoms with Crippen LogP contribution in [0.15, 0.2) is 12.1 Å². The lowest BCUT2D eigenvalue weighted by atomic mass is 9.87. The van der Waals surface area contributed by atoms with Gasteiger partial charge in [0, 0.05) is 6.04 Å². The van der Waals surface area contributed by atoms with Crippen LogP contribution in [0.5, 0.6) is 0 Å². The average molecular weight is 179 g/mol. The number of rotatable bonds is 0. The summed E-state index contributed by atoms with van der Waals surface area (Å²) in [6.45, 7) is 1.92. The van der Waals surface area contributed by atoms with Gasteiger partial charge in [0.2, 0.25) is 0 Å². The number of fused-ring (bicyclic) bond motifs is 1. The predicted octanol–water partition coefficient (Wildman–Crippen LogP) is 1.95. The van der Waals surface area contributed by atoms with Crippen molar-refractivity contribution < 1.29 is 4.39 Å². The Morgan fingerprint density at radius 2 is 2.23 bits per heavy atom. The molecule has 1 aromatic carbocycles. The van der Waals surface area contributed by atoms with E-state index in [9.17, 15) is 4.39 Å². The molecule has 0 bridgehead atoms. The first kappa shape index (κ1) is 8.70. The molecule has 2 N–H and O–H groups in total. The van der Waals surface area contributed by atoms with Crippen LogP contribution in [-0.2, 0) is 12.8 Å². The number of hydrogen-bond acceptors (Lipinski definition) is 1. The van der Waals surface area contributed by atoms with Gasteiger partial charge in [-0.1, -0.05) is 6.07 Å². The van der Waals surface area contributed by atoms with E-state index in [0.29, 0.717) is 0 Å². The molecule has 1 atom stereocenters. The Morgan fingerprint density at radius 1 is 1.46 bits per heavy atom. The zero-order chi connectivity index (χ0) is 9.42. The molecular formula is C11H14FN. The molecule has 0 radical (unpaired) electrons. The molecule has 0 saturated carbocycles. The second-order valence-corrected chi connectivity index (χ2v) is 3.89. The van der Waals surface area contributed by atoms with Crippen LogP contribution < -0.4 is 5.73 Å². The molecule has 0 heterocycles. The number of halogens is 1. The summed E-state index contributed by atoms with van der Waals surface area (Å²) in [5.41, 5.74) is 8.81. The van der Waals surface area contributed by atoms with Gasteiger partial charge in [0.05, 0.1) is 0 Å². The van der Waals surface area contributed by atoms with E-state index >= 15 is 0 Å². The lowest BCUT2D eigenvalue weighted by Crippen LogP contribution is -2.28. The Morgan fingerprint density at radius 3 is 3.00 bits per heavy atom. The Labute approximate surface area is 77.8 Å². The van der Waals surface area contributed by atoms with E-state index in [2.05, 4.69) is 6.07 Å². The van der Waals surface area contributed by atoms with Gasteiger partial charge >= 0.3 is 0 Å². The Kier molecular flexibility index (Phi) is 2.08. The molecule has 0 aromatic heterocycles. The summed E-state index contributed by atoms with van der Waals surface area (Å²) in [7, 11) is 0. The second kappa shape index (κ2) is 3.11. The fraction of sp³-hybridized carbons (Fsp3) is 0.455. The summed E-state index contributed by atoms with van der Waals surface area (Å²) < 4.78 is 13.4. The number of hydrogen-bond donors (Lipinski definition) is 1. The first-order chi connectivity index (χ1) is 6.16. The molecule has 1 aliphatic rings. The fourth-order valence-corrected chi connectivity index (χ4v) is 2.02. The van der Waals surface area contributed by atoms with E-state index in [1.165, 1.54) is 0 Å². The minimum atomic E-state index is -0.0538. The topological polar surface area (TPSA) is 26.0 Å². The van der Waals surface area contributed by atoms with Gasteiger partial charge in [0.25, 0.3) is 0 Å². The van der Waals surface area contributed by atoms with Crippen LogP contribution in [0.25, 0.3) is 0 Å². The zero-order valence-corrected chi connectivity index (χ0v) is 7.81. The quantitative estimate of drug-likeness (QED) is 0.647. The van der Waals surface area contributed by atoms with E-state index in [1.54, 1.807) is 6.07 Å². The lowest BCUT2D eigenvalue weighted by Gasteiger charge is -2.22. The van der Waals surface area contributed by atoms with E-state index in [1.807, 2.05) is 6.92 Å². The molecule has 2 rings (SSSR count). The molecule has 1 aromatic rings. The lowest BCUT2D eigenvalue weighted by molar-refractivity contribution is 0.537. The zero-order valence-electron chi connectivity index (χ0n) is 7.81. The summed E-state index contributed by atoms with van der Waals surface area (Å²) in [5, 5.41) is 0. The van der Waals surface area contributed by atoms with Crippen LogP contribution in [0.1, 0.15) is 23.1 Å². The van der Waals surface area contributed by atoms with Crippen molar-refractivity contribution >= 4 is 0 Å². The van der Waals surface area contributed by atoms with Crippen LogP contribution in [0.3, 0.4) is 0 Å². The van der Waals surface area contributed by atoms with Gasteiger partial charge in [-0.2, -0.15) is 0 Å². The SMILES string of the molecule is Cc1cc(F)c2c(c1)CC(N)CC2. The normalized spacial score (nSPS) is 21.3. The van der Waals surface area contributed by atoms with Gasteiger partial charge in [-0.3, -0.25) is 0 Å². The first-order valence-corrected chi connectivity index (χ1v) is 4.70. The minimum absolute atomic E-state index is 0.0538. The van der Waals surface area contributed by atoms with Crippen molar-refractivity contribution in [2.24, 2.45) is 5.73 Å². The van der Waals surface area contributed by atoms with Gasteiger partial charge in [-0.05, 0) is 48.9 Å². The van der Waals surface area contributed by atoms with Crippen LogP contribution >= 0.6 is 0 Å². The Balaban J connectivity index is 2.47. The largest absolute Gasteiger partial charge is 0.327 e. The third kappa shape index (κ3) is 1.59. The average Bonchev–Trinajstić information content (AvgIpc) is 2.02. The molecule has 0 aliphatic heterocycles. The van der Waals surface area contributed by atoms with Gasteiger partial charge in [0.15, 0.2) is 0 Å². The van der Waals surface area contributed by atoms with Crippen molar-refractivity contribution in [2.45, 2.75) is 32.2 Å². The number of aryl methyl sites for hydroxylation is 1. The monoisotopic (exact) mass is 179 g/mol. The van der Waals surface area contributed by atoms with Crippen LogP contribution in [-0.4, -0.2) is 6.04 Å². The van der Waals surface area contributed by atoms with Crippen LogP contribution in [0.2, 0.25) is 0 Å². The molecule has 0 amide bonds. The van der Waals surface area contributed by atoms with Crippen molar-refractivity contribution in [3.63, 3.8) is 0 Å². The molecule has 70 valence electrons. The summed E-state index contributed by atoms with van der Waals surface area (Å²) in [4.78, 5) is 0. The maximum absolute atomic E-state index is 13.4. The Bertz CT molecular complexity index is 333. The van der Waals surface area contributed by atoms with Crippen molar-refractivity contribution in [3.05, 3.63) is 34.6 Å². The van der Waals surface area contributed by atoms with Gasteiger partial charge < -0.3 is 5.73 Å². The fourth-order valence-electron chi connectivity index (χ4n) is 2.02. The number of benzene rings is 1. The summed E-state index contributed by atoms with van der Waals surface area (Å²) in [6, 6.07) is 3.88. The molecule has 13 heavy (non-hydrogen) atoms. The van der Waals surface area contributed by atoms with Crippen molar-refractivity contribution in [1.29, 1.82) is 0 Å².